The molecule has 0 amide bonds. The van der Waals surface area contributed by atoms with Crippen LogP contribution in [-0.2, 0) is 6.42 Å². The van der Waals surface area contributed by atoms with Crippen molar-refractivity contribution in [2.75, 3.05) is 7.05 Å². The third-order valence-corrected chi connectivity index (χ3v) is 4.46. The molecule has 0 aromatic carbocycles. The van der Waals surface area contributed by atoms with Gasteiger partial charge in [0.25, 0.3) is 0 Å². The van der Waals surface area contributed by atoms with E-state index in [0.29, 0.717) is 5.92 Å². The Kier molecular flexibility index (Phi) is 3.14. The summed E-state index contributed by atoms with van der Waals surface area (Å²) in [4.78, 5) is 9.21. The van der Waals surface area contributed by atoms with Crippen molar-refractivity contribution < 1.29 is 0 Å². The standard InChI is InChI=1S/C14H17N3S/c1-9-17-12(8-18-9)14(15-2)11-6-5-10-4-3-7-16-13(10)11/h3-4,7-8,11,14-15H,5-6H2,1-2H3. The van der Waals surface area contributed by atoms with Crippen molar-refractivity contribution in [2.24, 2.45) is 0 Å². The largest absolute Gasteiger partial charge is 0.311 e. The van der Waals surface area contributed by atoms with E-state index in [1.807, 2.05) is 19.3 Å². The lowest BCUT2D eigenvalue weighted by Gasteiger charge is -2.21. The molecule has 4 heteroatoms. The van der Waals surface area contributed by atoms with Crippen molar-refractivity contribution in [2.45, 2.75) is 31.7 Å². The molecule has 0 aliphatic heterocycles. The highest BCUT2D eigenvalue weighted by Crippen LogP contribution is 2.40. The van der Waals surface area contributed by atoms with Gasteiger partial charge >= 0.3 is 0 Å². The van der Waals surface area contributed by atoms with Crippen LogP contribution in [-0.4, -0.2) is 17.0 Å². The van der Waals surface area contributed by atoms with Gasteiger partial charge in [0.15, 0.2) is 0 Å². The van der Waals surface area contributed by atoms with Gasteiger partial charge in [0.05, 0.1) is 16.7 Å². The molecule has 2 atom stereocenters. The van der Waals surface area contributed by atoms with E-state index in [0.717, 1.165) is 23.5 Å². The molecule has 3 nitrogen and oxygen atoms in total. The van der Waals surface area contributed by atoms with E-state index < -0.39 is 0 Å². The number of nitrogens with zero attached hydrogens (tertiary/aromatic N) is 2. The van der Waals surface area contributed by atoms with E-state index in [-0.39, 0.29) is 6.04 Å². The first-order valence-electron chi connectivity index (χ1n) is 6.32. The fraction of sp³-hybridized carbons (Fsp3) is 0.429. The summed E-state index contributed by atoms with van der Waals surface area (Å²) in [5.41, 5.74) is 3.81. The molecule has 0 radical (unpaired) electrons. The van der Waals surface area contributed by atoms with Gasteiger partial charge in [-0.1, -0.05) is 6.07 Å². The Bertz CT molecular complexity index is 549. The highest BCUT2D eigenvalue weighted by atomic mass is 32.1. The van der Waals surface area contributed by atoms with Gasteiger partial charge in [-0.15, -0.1) is 11.3 Å². The second-order valence-electron chi connectivity index (χ2n) is 4.75. The van der Waals surface area contributed by atoms with Gasteiger partial charge < -0.3 is 5.32 Å². The molecule has 1 aliphatic carbocycles. The van der Waals surface area contributed by atoms with Crippen LogP contribution < -0.4 is 5.32 Å². The number of likely N-dealkylation sites (N-methyl/N-ethyl adjacent to an activating group) is 1. The van der Waals surface area contributed by atoms with Gasteiger partial charge in [0.2, 0.25) is 0 Å². The molecule has 2 heterocycles. The number of aromatic nitrogens is 2. The Morgan fingerprint density at radius 3 is 3.11 bits per heavy atom. The van der Waals surface area contributed by atoms with Gasteiger partial charge in [-0.3, -0.25) is 4.98 Å². The first-order valence-corrected chi connectivity index (χ1v) is 7.20. The monoisotopic (exact) mass is 259 g/mol. The molecule has 1 N–H and O–H groups in total. The van der Waals surface area contributed by atoms with Gasteiger partial charge in [-0.05, 0) is 38.4 Å². The first kappa shape index (κ1) is 11.8. The topological polar surface area (TPSA) is 37.8 Å². The molecule has 0 fully saturated rings. The quantitative estimate of drug-likeness (QED) is 0.921. The molecule has 2 unspecified atom stereocenters. The number of hydrogen-bond acceptors (Lipinski definition) is 4. The molecule has 0 saturated heterocycles. The number of fused-ring (bicyclic) bond motifs is 1. The predicted molar refractivity (Wildman–Crippen MR) is 74.0 cm³/mol. The van der Waals surface area contributed by atoms with Crippen LogP contribution in [0.2, 0.25) is 0 Å². The van der Waals surface area contributed by atoms with Crippen LogP contribution in [0.3, 0.4) is 0 Å². The van der Waals surface area contributed by atoms with Crippen molar-refractivity contribution in [1.29, 1.82) is 0 Å². The van der Waals surface area contributed by atoms with Crippen molar-refractivity contribution in [3.8, 4) is 0 Å². The van der Waals surface area contributed by atoms with Crippen molar-refractivity contribution >= 4 is 11.3 Å². The SMILES string of the molecule is CNC(c1csc(C)n1)C1CCc2cccnc21. The van der Waals surface area contributed by atoms with Crippen LogP contribution in [0.25, 0.3) is 0 Å². The number of nitrogens with one attached hydrogen (secondary N) is 1. The number of hydrogen-bond donors (Lipinski definition) is 1. The van der Waals surface area contributed by atoms with E-state index >= 15 is 0 Å². The van der Waals surface area contributed by atoms with Gasteiger partial charge in [0.1, 0.15) is 0 Å². The highest BCUT2D eigenvalue weighted by molar-refractivity contribution is 7.09. The van der Waals surface area contributed by atoms with Crippen molar-refractivity contribution in [3.63, 3.8) is 0 Å². The minimum Gasteiger partial charge on any atom is -0.311 e. The van der Waals surface area contributed by atoms with E-state index in [4.69, 9.17) is 0 Å². The summed E-state index contributed by atoms with van der Waals surface area (Å²) < 4.78 is 0. The zero-order valence-electron chi connectivity index (χ0n) is 10.7. The second kappa shape index (κ2) is 4.78. The molecular formula is C14H17N3S. The average molecular weight is 259 g/mol. The van der Waals surface area contributed by atoms with Gasteiger partial charge in [-0.2, -0.15) is 0 Å². The number of aryl methyl sites for hydroxylation is 2. The van der Waals surface area contributed by atoms with E-state index in [2.05, 4.69) is 33.7 Å². The van der Waals surface area contributed by atoms with E-state index in [1.54, 1.807) is 11.3 Å². The first-order chi connectivity index (χ1) is 8.79. The molecule has 0 bridgehead atoms. The number of pyridine rings is 1. The average Bonchev–Trinajstić information content (AvgIpc) is 2.98. The highest BCUT2D eigenvalue weighted by Gasteiger charge is 2.32. The summed E-state index contributed by atoms with van der Waals surface area (Å²) >= 11 is 1.72. The lowest BCUT2D eigenvalue weighted by molar-refractivity contribution is 0.461. The molecule has 1 aliphatic rings. The Balaban J connectivity index is 1.95. The van der Waals surface area contributed by atoms with Crippen LogP contribution in [0.1, 0.15) is 40.3 Å². The summed E-state index contributed by atoms with van der Waals surface area (Å²) in [6, 6.07) is 4.51. The van der Waals surface area contributed by atoms with Crippen LogP contribution >= 0.6 is 11.3 Å². The number of rotatable bonds is 3. The molecule has 2 aromatic heterocycles. The zero-order valence-corrected chi connectivity index (χ0v) is 11.5. The van der Waals surface area contributed by atoms with Crippen LogP contribution in [0.5, 0.6) is 0 Å². The summed E-state index contributed by atoms with van der Waals surface area (Å²) in [7, 11) is 2.01. The van der Waals surface area contributed by atoms with Crippen LogP contribution in [0.4, 0.5) is 0 Å². The molecule has 2 aromatic rings. The Labute approximate surface area is 111 Å². The Morgan fingerprint density at radius 1 is 1.50 bits per heavy atom. The minimum atomic E-state index is 0.283. The summed E-state index contributed by atoms with van der Waals surface area (Å²) in [6.45, 7) is 2.06. The van der Waals surface area contributed by atoms with Crippen LogP contribution in [0.15, 0.2) is 23.7 Å². The fourth-order valence-corrected chi connectivity index (χ4v) is 3.50. The van der Waals surface area contributed by atoms with Gasteiger partial charge in [0, 0.05) is 23.2 Å². The van der Waals surface area contributed by atoms with Crippen molar-refractivity contribution in [3.05, 3.63) is 45.7 Å². The fourth-order valence-electron chi connectivity index (χ4n) is 2.85. The summed E-state index contributed by atoms with van der Waals surface area (Å²) in [5.74, 6) is 0.452. The van der Waals surface area contributed by atoms with Gasteiger partial charge in [-0.25, -0.2) is 4.98 Å². The summed E-state index contributed by atoms with van der Waals surface area (Å²) in [6.07, 6.45) is 4.19. The molecule has 0 spiro atoms. The molecule has 3 rings (SSSR count). The normalized spacial score (nSPS) is 19.8. The Morgan fingerprint density at radius 2 is 2.39 bits per heavy atom. The predicted octanol–water partition coefficient (Wildman–Crippen LogP) is 2.84. The third-order valence-electron chi connectivity index (χ3n) is 3.67. The number of thiazole rings is 1. The molecule has 0 saturated carbocycles. The molecular weight excluding hydrogens is 242 g/mol. The zero-order chi connectivity index (χ0) is 12.5. The third kappa shape index (κ3) is 1.95. The second-order valence-corrected chi connectivity index (χ2v) is 5.81. The van der Waals surface area contributed by atoms with E-state index in [9.17, 15) is 0 Å². The molecule has 18 heavy (non-hydrogen) atoms. The van der Waals surface area contributed by atoms with Crippen LogP contribution in [0, 0.1) is 6.92 Å². The van der Waals surface area contributed by atoms with Crippen molar-refractivity contribution in [1.82, 2.24) is 15.3 Å². The maximum absolute atomic E-state index is 4.63. The lowest BCUT2D eigenvalue weighted by atomic mass is 9.95. The maximum Gasteiger partial charge on any atom is 0.0898 e. The minimum absolute atomic E-state index is 0.283. The summed E-state index contributed by atoms with van der Waals surface area (Å²) in [5, 5.41) is 6.71. The van der Waals surface area contributed by atoms with E-state index in [1.165, 1.54) is 11.3 Å². The molecule has 94 valence electrons. The lowest BCUT2D eigenvalue weighted by Crippen LogP contribution is -2.23. The Hall–Kier alpha value is -1.26. The maximum atomic E-state index is 4.63. The smallest absolute Gasteiger partial charge is 0.0898 e.